The second-order valence-corrected chi connectivity index (χ2v) is 5.59. The van der Waals surface area contributed by atoms with Gasteiger partial charge in [-0.3, -0.25) is 15.0 Å². The monoisotopic (exact) mass is 271 g/mol. The van der Waals surface area contributed by atoms with Crippen LogP contribution >= 0.6 is 0 Å². The molecule has 1 aromatic carbocycles. The highest BCUT2D eigenvalue weighted by molar-refractivity contribution is 5.82. The van der Waals surface area contributed by atoms with E-state index in [1.165, 1.54) is 10.9 Å². The molecule has 20 heavy (non-hydrogen) atoms. The molecule has 2 aromatic rings. The summed E-state index contributed by atoms with van der Waals surface area (Å²) in [4.78, 5) is 2.41. The Morgan fingerprint density at radius 3 is 2.75 bits per heavy atom. The van der Waals surface area contributed by atoms with Crippen LogP contribution in [-0.2, 0) is 13.6 Å². The van der Waals surface area contributed by atoms with Gasteiger partial charge in [-0.15, -0.1) is 0 Å². The molecule has 0 bridgehead atoms. The number of benzene rings is 1. The molecule has 1 aliphatic heterocycles. The van der Waals surface area contributed by atoms with E-state index in [4.69, 9.17) is 11.1 Å². The minimum absolute atomic E-state index is 0.270. The molecule has 0 amide bonds. The van der Waals surface area contributed by atoms with Crippen molar-refractivity contribution in [3.63, 3.8) is 0 Å². The minimum Gasteiger partial charge on any atom is -0.387 e. The maximum Gasteiger partial charge on any atom is 0.0937 e. The van der Waals surface area contributed by atoms with Crippen LogP contribution in [0.3, 0.4) is 0 Å². The number of aromatic nitrogens is 2. The number of likely N-dealkylation sites (tertiary alicyclic amines) is 1. The number of rotatable bonds is 3. The van der Waals surface area contributed by atoms with Crippen molar-refractivity contribution in [3.8, 4) is 0 Å². The molecule has 5 nitrogen and oxygen atoms in total. The highest BCUT2D eigenvalue weighted by atomic mass is 15.3. The zero-order chi connectivity index (χ0) is 14.1. The zero-order valence-corrected chi connectivity index (χ0v) is 11.8. The minimum atomic E-state index is 0.270. The number of nitrogens with one attached hydrogen (secondary N) is 1. The van der Waals surface area contributed by atoms with E-state index in [1.54, 1.807) is 0 Å². The summed E-state index contributed by atoms with van der Waals surface area (Å²) in [6.07, 6.45) is 1.97. The molecule has 0 spiro atoms. The number of para-hydroxylation sites is 1. The fourth-order valence-electron chi connectivity index (χ4n) is 3.02. The van der Waals surface area contributed by atoms with Crippen LogP contribution in [0.4, 0.5) is 0 Å². The van der Waals surface area contributed by atoms with Gasteiger partial charge < -0.3 is 5.73 Å². The molecule has 0 unspecified atom stereocenters. The standard InChI is InChI=1S/C15H21N5/c1-19-14-5-3-2-4-12(14)13(18-19)10-20-8-6-11(7-9-20)15(16)17/h2-5,11H,6-10H2,1H3,(H3,16,17). The summed E-state index contributed by atoms with van der Waals surface area (Å²) in [6.45, 7) is 2.87. The molecule has 3 rings (SSSR count). The third kappa shape index (κ3) is 2.41. The quantitative estimate of drug-likeness (QED) is 0.659. The van der Waals surface area contributed by atoms with Crippen LogP contribution in [0.25, 0.3) is 10.9 Å². The lowest BCUT2D eigenvalue weighted by Crippen LogP contribution is -2.38. The molecular weight excluding hydrogens is 250 g/mol. The predicted molar refractivity (Wildman–Crippen MR) is 80.6 cm³/mol. The lowest BCUT2D eigenvalue weighted by atomic mass is 9.96. The van der Waals surface area contributed by atoms with E-state index in [0.29, 0.717) is 5.84 Å². The van der Waals surface area contributed by atoms with Crippen molar-refractivity contribution >= 4 is 16.7 Å². The molecule has 5 heteroatoms. The van der Waals surface area contributed by atoms with Gasteiger partial charge in [0.2, 0.25) is 0 Å². The highest BCUT2D eigenvalue weighted by Gasteiger charge is 2.22. The molecular formula is C15H21N5. The van der Waals surface area contributed by atoms with Crippen molar-refractivity contribution in [2.24, 2.45) is 18.7 Å². The van der Waals surface area contributed by atoms with Crippen LogP contribution in [0.1, 0.15) is 18.5 Å². The average molecular weight is 271 g/mol. The number of fused-ring (bicyclic) bond motifs is 1. The number of nitrogens with zero attached hydrogens (tertiary/aromatic N) is 3. The van der Waals surface area contributed by atoms with Crippen LogP contribution in [0, 0.1) is 11.3 Å². The fraction of sp³-hybridized carbons (Fsp3) is 0.467. The summed E-state index contributed by atoms with van der Waals surface area (Å²) in [6, 6.07) is 8.36. The van der Waals surface area contributed by atoms with Gasteiger partial charge >= 0.3 is 0 Å². The second kappa shape index (κ2) is 5.25. The molecule has 2 heterocycles. The van der Waals surface area contributed by atoms with Gasteiger partial charge in [-0.1, -0.05) is 18.2 Å². The summed E-state index contributed by atoms with van der Waals surface area (Å²) in [5.41, 5.74) is 7.92. The lowest BCUT2D eigenvalue weighted by Gasteiger charge is -2.30. The Morgan fingerprint density at radius 1 is 1.35 bits per heavy atom. The summed E-state index contributed by atoms with van der Waals surface area (Å²) in [5.74, 6) is 0.611. The molecule has 1 aliphatic rings. The van der Waals surface area contributed by atoms with Crippen LogP contribution in [-0.4, -0.2) is 33.6 Å². The Kier molecular flexibility index (Phi) is 3.44. The first-order chi connectivity index (χ1) is 9.65. The number of hydrogen-bond donors (Lipinski definition) is 2. The lowest BCUT2D eigenvalue weighted by molar-refractivity contribution is 0.199. The molecule has 0 saturated carbocycles. The summed E-state index contributed by atoms with van der Waals surface area (Å²) < 4.78 is 1.95. The van der Waals surface area contributed by atoms with Crippen molar-refractivity contribution < 1.29 is 0 Å². The van der Waals surface area contributed by atoms with Crippen LogP contribution in [0.15, 0.2) is 24.3 Å². The van der Waals surface area contributed by atoms with Crippen molar-refractivity contribution in [3.05, 3.63) is 30.0 Å². The maximum atomic E-state index is 7.53. The van der Waals surface area contributed by atoms with Gasteiger partial charge in [0.1, 0.15) is 0 Å². The van der Waals surface area contributed by atoms with Crippen LogP contribution < -0.4 is 5.73 Å². The van der Waals surface area contributed by atoms with E-state index in [-0.39, 0.29) is 5.92 Å². The van der Waals surface area contributed by atoms with E-state index in [2.05, 4.69) is 28.2 Å². The Morgan fingerprint density at radius 2 is 2.05 bits per heavy atom. The summed E-state index contributed by atoms with van der Waals surface area (Å²) in [5, 5.41) is 13.4. The number of piperidine rings is 1. The number of hydrogen-bond acceptors (Lipinski definition) is 3. The maximum absolute atomic E-state index is 7.53. The van der Waals surface area contributed by atoms with Crippen LogP contribution in [0.2, 0.25) is 0 Å². The SMILES string of the molecule is Cn1nc(CN2CCC(C(=N)N)CC2)c2ccccc21. The second-order valence-electron chi connectivity index (χ2n) is 5.59. The molecule has 3 N–H and O–H groups in total. The normalized spacial score (nSPS) is 17.6. The largest absolute Gasteiger partial charge is 0.387 e. The Hall–Kier alpha value is -1.88. The fourth-order valence-corrected chi connectivity index (χ4v) is 3.02. The molecule has 0 atom stereocenters. The van der Waals surface area contributed by atoms with Gasteiger partial charge in [-0.2, -0.15) is 5.10 Å². The molecule has 1 saturated heterocycles. The van der Waals surface area contributed by atoms with Gasteiger partial charge in [-0.05, 0) is 32.0 Å². The number of aryl methyl sites for hydroxylation is 1. The zero-order valence-electron chi connectivity index (χ0n) is 11.8. The molecule has 106 valence electrons. The van der Waals surface area contributed by atoms with Crippen molar-refractivity contribution in [1.29, 1.82) is 5.41 Å². The average Bonchev–Trinajstić information content (AvgIpc) is 2.77. The van der Waals surface area contributed by atoms with E-state index < -0.39 is 0 Å². The Bertz CT molecular complexity index is 622. The topological polar surface area (TPSA) is 70.9 Å². The number of nitrogens with two attached hydrogens (primary N) is 1. The van der Waals surface area contributed by atoms with Crippen molar-refractivity contribution in [2.45, 2.75) is 19.4 Å². The third-order valence-corrected chi connectivity index (χ3v) is 4.24. The first-order valence-electron chi connectivity index (χ1n) is 7.12. The van der Waals surface area contributed by atoms with Gasteiger partial charge in [-0.25, -0.2) is 0 Å². The van der Waals surface area contributed by atoms with Gasteiger partial charge in [0, 0.05) is 24.9 Å². The first-order valence-corrected chi connectivity index (χ1v) is 7.12. The Labute approximate surface area is 118 Å². The van der Waals surface area contributed by atoms with Crippen LogP contribution in [0.5, 0.6) is 0 Å². The third-order valence-electron chi connectivity index (χ3n) is 4.24. The predicted octanol–water partition coefficient (Wildman–Crippen LogP) is 1.72. The highest BCUT2D eigenvalue weighted by Crippen LogP contribution is 2.22. The van der Waals surface area contributed by atoms with Crippen molar-refractivity contribution in [1.82, 2.24) is 14.7 Å². The van der Waals surface area contributed by atoms with Gasteiger partial charge in [0.15, 0.2) is 0 Å². The van der Waals surface area contributed by atoms with Gasteiger partial charge in [0.25, 0.3) is 0 Å². The van der Waals surface area contributed by atoms with E-state index in [0.717, 1.165) is 38.2 Å². The van der Waals surface area contributed by atoms with Crippen molar-refractivity contribution in [2.75, 3.05) is 13.1 Å². The molecule has 0 radical (unpaired) electrons. The molecule has 1 fully saturated rings. The molecule has 1 aromatic heterocycles. The van der Waals surface area contributed by atoms with E-state index in [1.807, 2.05) is 17.8 Å². The number of amidine groups is 1. The summed E-state index contributed by atoms with van der Waals surface area (Å²) >= 11 is 0. The van der Waals surface area contributed by atoms with Gasteiger partial charge in [0.05, 0.1) is 17.0 Å². The van der Waals surface area contributed by atoms with E-state index in [9.17, 15) is 0 Å². The first kappa shape index (κ1) is 13.1. The molecule has 0 aliphatic carbocycles. The van der Waals surface area contributed by atoms with E-state index >= 15 is 0 Å². The summed E-state index contributed by atoms with van der Waals surface area (Å²) in [7, 11) is 1.99. The Balaban J connectivity index is 1.73. The smallest absolute Gasteiger partial charge is 0.0937 e.